The van der Waals surface area contributed by atoms with E-state index in [9.17, 15) is 19.8 Å². The molecule has 0 aliphatic carbocycles. The van der Waals surface area contributed by atoms with Gasteiger partial charge in [-0.25, -0.2) is 9.50 Å². The number of aliphatic hydroxyl groups excluding tert-OH is 2. The van der Waals surface area contributed by atoms with Crippen LogP contribution in [0.2, 0.25) is 0 Å². The molecule has 3 aromatic rings. The van der Waals surface area contributed by atoms with Crippen LogP contribution in [0, 0.1) is 0 Å². The average molecular weight is 426 g/mol. The Bertz CT molecular complexity index is 1090. The number of fused-ring (bicyclic) bond motifs is 1. The van der Waals surface area contributed by atoms with Crippen LogP contribution in [0.3, 0.4) is 0 Å². The fraction of sp³-hybridized carbons (Fsp3) is 0.333. The molecule has 0 unspecified atom stereocenters. The van der Waals surface area contributed by atoms with Gasteiger partial charge in [0, 0.05) is 12.0 Å². The molecule has 1 aliphatic heterocycles. The Morgan fingerprint density at radius 1 is 1.23 bits per heavy atom. The number of hydrogen-bond acceptors (Lipinski definition) is 8. The maximum absolute atomic E-state index is 12.5. The van der Waals surface area contributed by atoms with Crippen molar-refractivity contribution >= 4 is 23.2 Å². The molecule has 10 nitrogen and oxygen atoms in total. The Morgan fingerprint density at radius 2 is 2.00 bits per heavy atom. The molecule has 2 aromatic heterocycles. The number of rotatable bonds is 6. The second-order valence-corrected chi connectivity index (χ2v) is 7.06. The van der Waals surface area contributed by atoms with Crippen LogP contribution in [-0.2, 0) is 14.3 Å². The lowest BCUT2D eigenvalue weighted by Gasteiger charge is -2.19. The van der Waals surface area contributed by atoms with Gasteiger partial charge in [0.05, 0.1) is 12.3 Å². The van der Waals surface area contributed by atoms with Gasteiger partial charge in [0.1, 0.15) is 30.2 Å². The largest absolute Gasteiger partial charge is 0.457 e. The highest BCUT2D eigenvalue weighted by Gasteiger charge is 2.47. The molecule has 3 heterocycles. The van der Waals surface area contributed by atoms with Crippen LogP contribution in [0.4, 0.5) is 5.82 Å². The van der Waals surface area contributed by atoms with Gasteiger partial charge in [-0.3, -0.25) is 9.59 Å². The van der Waals surface area contributed by atoms with Crippen molar-refractivity contribution in [1.29, 1.82) is 0 Å². The molecule has 1 amide bonds. The topological polar surface area (TPSA) is 135 Å². The van der Waals surface area contributed by atoms with E-state index >= 15 is 0 Å². The van der Waals surface area contributed by atoms with Crippen molar-refractivity contribution in [1.82, 2.24) is 14.6 Å². The molecule has 3 N–H and O–H groups in total. The number of anilines is 1. The van der Waals surface area contributed by atoms with E-state index < -0.39 is 37.0 Å². The van der Waals surface area contributed by atoms with E-state index in [1.165, 1.54) is 10.8 Å². The van der Waals surface area contributed by atoms with Gasteiger partial charge in [0.25, 0.3) is 5.91 Å². The maximum atomic E-state index is 12.5. The molecule has 31 heavy (non-hydrogen) atoms. The number of ether oxygens (including phenoxy) is 2. The fourth-order valence-corrected chi connectivity index (χ4v) is 3.55. The predicted molar refractivity (Wildman–Crippen MR) is 108 cm³/mol. The minimum absolute atomic E-state index is 0.137. The number of aromatic nitrogens is 3. The first-order chi connectivity index (χ1) is 15.0. The van der Waals surface area contributed by atoms with E-state index in [0.29, 0.717) is 16.8 Å². The van der Waals surface area contributed by atoms with Crippen LogP contribution in [0.25, 0.3) is 5.52 Å². The molecule has 0 bridgehead atoms. The number of nitrogens with zero attached hydrogens (tertiary/aromatic N) is 3. The van der Waals surface area contributed by atoms with E-state index in [4.69, 9.17) is 9.47 Å². The number of hydrogen-bond donors (Lipinski definition) is 3. The lowest BCUT2D eigenvalue weighted by Crippen LogP contribution is -2.37. The van der Waals surface area contributed by atoms with Crippen LogP contribution in [0.5, 0.6) is 0 Å². The van der Waals surface area contributed by atoms with Crippen LogP contribution in [-0.4, -0.2) is 61.6 Å². The van der Waals surface area contributed by atoms with Crippen LogP contribution in [0.15, 0.2) is 48.8 Å². The van der Waals surface area contributed by atoms with Crippen LogP contribution in [0.1, 0.15) is 35.5 Å². The summed E-state index contributed by atoms with van der Waals surface area (Å²) in [6.07, 6.45) is -2.58. The number of aliphatic hydroxyl groups is 2. The first-order valence-electron chi connectivity index (χ1n) is 9.86. The molecule has 0 saturated carbocycles. The van der Waals surface area contributed by atoms with Crippen molar-refractivity contribution in [3.8, 4) is 0 Å². The number of nitrogens with one attached hydrogen (secondary N) is 1. The van der Waals surface area contributed by atoms with E-state index in [1.54, 1.807) is 43.3 Å². The summed E-state index contributed by atoms with van der Waals surface area (Å²) >= 11 is 0. The molecule has 162 valence electrons. The van der Waals surface area contributed by atoms with Gasteiger partial charge in [-0.05, 0) is 24.3 Å². The van der Waals surface area contributed by atoms with Gasteiger partial charge in [-0.1, -0.05) is 25.1 Å². The molecule has 10 heteroatoms. The zero-order valence-electron chi connectivity index (χ0n) is 16.7. The van der Waals surface area contributed by atoms with Gasteiger partial charge >= 0.3 is 5.97 Å². The molecule has 0 spiro atoms. The van der Waals surface area contributed by atoms with Crippen molar-refractivity contribution in [3.05, 3.63) is 60.0 Å². The van der Waals surface area contributed by atoms with Gasteiger partial charge in [0.15, 0.2) is 11.9 Å². The number of benzene rings is 1. The SMILES string of the molecule is CCC(=O)O[C@H]1[C@@H](O)[C@H](c2ccc3c(NC(=O)c4ccccc4)ncnn23)O[C@@H]1CO. The summed E-state index contributed by atoms with van der Waals surface area (Å²) in [7, 11) is 0. The number of amides is 1. The van der Waals surface area contributed by atoms with Gasteiger partial charge < -0.3 is 25.0 Å². The minimum atomic E-state index is -1.21. The summed E-state index contributed by atoms with van der Waals surface area (Å²) in [5, 5.41) is 27.3. The highest BCUT2D eigenvalue weighted by molar-refractivity contribution is 6.05. The first-order valence-corrected chi connectivity index (χ1v) is 9.86. The third-order valence-corrected chi connectivity index (χ3v) is 5.11. The summed E-state index contributed by atoms with van der Waals surface area (Å²) in [6, 6.07) is 12.1. The van der Waals surface area contributed by atoms with E-state index in [0.717, 1.165) is 0 Å². The third-order valence-electron chi connectivity index (χ3n) is 5.11. The zero-order chi connectivity index (χ0) is 22.0. The van der Waals surface area contributed by atoms with E-state index in [2.05, 4.69) is 15.4 Å². The second kappa shape index (κ2) is 8.80. The molecule has 0 radical (unpaired) electrons. The van der Waals surface area contributed by atoms with Gasteiger partial charge in [0.2, 0.25) is 0 Å². The lowest BCUT2D eigenvalue weighted by molar-refractivity contribution is -0.156. The lowest BCUT2D eigenvalue weighted by atomic mass is 10.1. The molecule has 4 rings (SSSR count). The van der Waals surface area contributed by atoms with Crippen molar-refractivity contribution in [2.45, 2.75) is 37.8 Å². The molecular weight excluding hydrogens is 404 g/mol. The highest BCUT2D eigenvalue weighted by atomic mass is 16.6. The van der Waals surface area contributed by atoms with Crippen molar-refractivity contribution in [3.63, 3.8) is 0 Å². The average Bonchev–Trinajstić information content (AvgIpc) is 3.36. The smallest absolute Gasteiger partial charge is 0.305 e. The molecule has 1 saturated heterocycles. The number of carbonyl (C=O) groups is 2. The normalized spacial score (nSPS) is 23.1. The zero-order valence-corrected chi connectivity index (χ0v) is 16.7. The molecule has 4 atom stereocenters. The first kappa shape index (κ1) is 20.9. The van der Waals surface area contributed by atoms with Gasteiger partial charge in [-0.2, -0.15) is 5.10 Å². The summed E-state index contributed by atoms with van der Waals surface area (Å²) in [6.45, 7) is 1.21. The Balaban J connectivity index is 1.62. The number of carbonyl (C=O) groups excluding carboxylic acids is 2. The van der Waals surface area contributed by atoms with E-state index in [-0.39, 0.29) is 18.1 Å². The molecule has 1 fully saturated rings. The number of esters is 1. The van der Waals surface area contributed by atoms with Gasteiger partial charge in [-0.15, -0.1) is 0 Å². The summed E-state index contributed by atoms with van der Waals surface area (Å²) in [5.74, 6) is -0.539. The Morgan fingerprint density at radius 3 is 2.71 bits per heavy atom. The van der Waals surface area contributed by atoms with Crippen LogP contribution >= 0.6 is 0 Å². The molecule has 1 aliphatic rings. The quantitative estimate of drug-likeness (QED) is 0.499. The standard InChI is InChI=1S/C21H22N4O6/c1-2-16(27)31-19-15(10-26)30-18(17(19)28)13-8-9-14-20(22-11-23-25(13)14)24-21(29)12-6-4-3-5-7-12/h3-9,11,15,17-19,26,28H,2,10H2,1H3,(H,22,23,24,29)/t15-,17+,18+,19-/m1/s1. The summed E-state index contributed by atoms with van der Waals surface area (Å²) in [4.78, 5) is 28.4. The Labute approximate surface area is 177 Å². The minimum Gasteiger partial charge on any atom is -0.457 e. The maximum Gasteiger partial charge on any atom is 0.305 e. The van der Waals surface area contributed by atoms with E-state index in [1.807, 2.05) is 6.07 Å². The molecule has 1 aromatic carbocycles. The Hall–Kier alpha value is -3.34. The fourth-order valence-electron chi connectivity index (χ4n) is 3.55. The second-order valence-electron chi connectivity index (χ2n) is 7.06. The van der Waals surface area contributed by atoms with Crippen molar-refractivity contribution in [2.24, 2.45) is 0 Å². The summed E-state index contributed by atoms with van der Waals surface area (Å²) < 4.78 is 12.5. The van der Waals surface area contributed by atoms with Crippen molar-refractivity contribution < 1.29 is 29.3 Å². The van der Waals surface area contributed by atoms with Crippen molar-refractivity contribution in [2.75, 3.05) is 11.9 Å². The predicted octanol–water partition coefficient (Wildman–Crippen LogP) is 1.10. The highest BCUT2D eigenvalue weighted by Crippen LogP contribution is 2.36. The monoisotopic (exact) mass is 426 g/mol. The summed E-state index contributed by atoms with van der Waals surface area (Å²) in [5.41, 5.74) is 1.44. The molecular formula is C21H22N4O6. The van der Waals surface area contributed by atoms with Crippen LogP contribution < -0.4 is 5.32 Å². The Kier molecular flexibility index (Phi) is 5.94. The third kappa shape index (κ3) is 4.00.